The Bertz CT molecular complexity index is 45.4. The van der Waals surface area contributed by atoms with Gasteiger partial charge in [0.15, 0.2) is 0 Å². The molecule has 0 amide bonds. The third-order valence-electron chi connectivity index (χ3n) is 0.794. The fourth-order valence-corrected chi connectivity index (χ4v) is 0.530. The van der Waals surface area contributed by atoms with Crippen LogP contribution in [0.4, 0.5) is 0 Å². The van der Waals surface area contributed by atoms with Gasteiger partial charge in [0.1, 0.15) is 0 Å². The quantitative estimate of drug-likeness (QED) is 0.576. The van der Waals surface area contributed by atoms with Gasteiger partial charge in [0.2, 0.25) is 0 Å². The molecule has 0 aromatic carbocycles. The summed E-state index contributed by atoms with van der Waals surface area (Å²) in [7, 11) is 0. The molecule has 0 rings (SSSR count). The molecule has 0 unspecified atom stereocenters. The average Bonchev–Trinajstić information content (AvgIpc) is 2.06. The number of ether oxygens (including phenoxy) is 1. The molecule has 0 heterocycles. The number of rotatable bonds is 5. The lowest BCUT2D eigenvalue weighted by Crippen LogP contribution is -1.94. The molecule has 0 spiro atoms. The Morgan fingerprint density at radius 2 is 1.73 bits per heavy atom. The van der Waals surface area contributed by atoms with Crippen molar-refractivity contribution in [3.63, 3.8) is 0 Å². The molecular weight excluding hydrogens is 208 g/mol. The van der Waals surface area contributed by atoms with Gasteiger partial charge in [-0.1, -0.05) is 29.8 Å². The summed E-state index contributed by atoms with van der Waals surface area (Å²) in [6.07, 6.45) is 1.99. The number of hydrogen-bond donors (Lipinski definition) is 1. The van der Waals surface area contributed by atoms with Crippen LogP contribution in [0.15, 0.2) is 0 Å². The molecule has 11 heavy (non-hydrogen) atoms. The van der Waals surface area contributed by atoms with Gasteiger partial charge in [0.25, 0.3) is 0 Å². The SMILES string of the molecule is CCCO.CCCOCCBr. The molecule has 0 radical (unpaired) electrons. The fourth-order valence-electron chi connectivity index (χ4n) is 0.301. The summed E-state index contributed by atoms with van der Waals surface area (Å²) in [5.74, 6) is 0. The Hall–Kier alpha value is 0.400. The minimum Gasteiger partial charge on any atom is -0.396 e. The first-order valence-electron chi connectivity index (χ1n) is 4.08. The minimum absolute atomic E-state index is 0.319. The van der Waals surface area contributed by atoms with Crippen LogP contribution in [0.3, 0.4) is 0 Å². The van der Waals surface area contributed by atoms with Gasteiger partial charge in [-0.2, -0.15) is 0 Å². The highest BCUT2D eigenvalue weighted by Gasteiger charge is 1.78. The summed E-state index contributed by atoms with van der Waals surface area (Å²) in [6.45, 7) is 6.09. The number of aliphatic hydroxyl groups is 1. The topological polar surface area (TPSA) is 29.5 Å². The van der Waals surface area contributed by atoms with Crippen molar-refractivity contribution in [1.29, 1.82) is 0 Å². The molecule has 0 fully saturated rings. The van der Waals surface area contributed by atoms with Crippen molar-refractivity contribution in [3.05, 3.63) is 0 Å². The van der Waals surface area contributed by atoms with Gasteiger partial charge in [-0.15, -0.1) is 0 Å². The van der Waals surface area contributed by atoms with Crippen molar-refractivity contribution in [2.24, 2.45) is 0 Å². The highest BCUT2D eigenvalue weighted by atomic mass is 79.9. The van der Waals surface area contributed by atoms with E-state index in [2.05, 4.69) is 22.9 Å². The van der Waals surface area contributed by atoms with Gasteiger partial charge in [0.05, 0.1) is 6.61 Å². The monoisotopic (exact) mass is 226 g/mol. The number of halogens is 1. The molecule has 0 aliphatic rings. The third kappa shape index (κ3) is 25.2. The van der Waals surface area contributed by atoms with Crippen molar-refractivity contribution in [3.8, 4) is 0 Å². The van der Waals surface area contributed by atoms with E-state index in [1.54, 1.807) is 0 Å². The van der Waals surface area contributed by atoms with E-state index < -0.39 is 0 Å². The molecule has 2 nitrogen and oxygen atoms in total. The van der Waals surface area contributed by atoms with Crippen molar-refractivity contribution < 1.29 is 9.84 Å². The fraction of sp³-hybridized carbons (Fsp3) is 1.00. The van der Waals surface area contributed by atoms with E-state index in [1.807, 2.05) is 6.92 Å². The van der Waals surface area contributed by atoms with Crippen LogP contribution in [0.5, 0.6) is 0 Å². The lowest BCUT2D eigenvalue weighted by atomic mass is 10.5. The first kappa shape index (κ1) is 14.0. The van der Waals surface area contributed by atoms with Crippen LogP contribution < -0.4 is 0 Å². The van der Waals surface area contributed by atoms with Gasteiger partial charge in [-0.25, -0.2) is 0 Å². The van der Waals surface area contributed by atoms with E-state index >= 15 is 0 Å². The summed E-state index contributed by atoms with van der Waals surface area (Å²) >= 11 is 3.25. The van der Waals surface area contributed by atoms with E-state index in [1.165, 1.54) is 0 Å². The van der Waals surface area contributed by atoms with Crippen LogP contribution >= 0.6 is 15.9 Å². The highest BCUT2D eigenvalue weighted by Crippen LogP contribution is 1.82. The summed E-state index contributed by atoms with van der Waals surface area (Å²) in [5.41, 5.74) is 0. The largest absolute Gasteiger partial charge is 0.396 e. The lowest BCUT2D eigenvalue weighted by molar-refractivity contribution is 0.151. The summed E-state index contributed by atoms with van der Waals surface area (Å²) in [5, 5.41) is 8.83. The van der Waals surface area contributed by atoms with E-state index in [9.17, 15) is 0 Å². The van der Waals surface area contributed by atoms with Gasteiger partial charge < -0.3 is 9.84 Å². The molecule has 70 valence electrons. The second-order valence-corrected chi connectivity index (χ2v) is 2.82. The van der Waals surface area contributed by atoms with Crippen LogP contribution in [-0.2, 0) is 4.74 Å². The van der Waals surface area contributed by atoms with Crippen molar-refractivity contribution in [2.45, 2.75) is 26.7 Å². The number of aliphatic hydroxyl groups excluding tert-OH is 1. The predicted molar refractivity (Wildman–Crippen MR) is 52.3 cm³/mol. The Kier molecular flexibility index (Phi) is 21.3. The number of alkyl halides is 1. The maximum absolute atomic E-state index is 7.88. The summed E-state index contributed by atoms with van der Waals surface area (Å²) in [6, 6.07) is 0. The second kappa shape index (κ2) is 16.8. The molecule has 0 aliphatic heterocycles. The lowest BCUT2D eigenvalue weighted by Gasteiger charge is -1.94. The average molecular weight is 227 g/mol. The Morgan fingerprint density at radius 1 is 1.18 bits per heavy atom. The molecule has 0 saturated carbocycles. The second-order valence-electron chi connectivity index (χ2n) is 2.02. The van der Waals surface area contributed by atoms with Gasteiger partial charge in [0, 0.05) is 18.5 Å². The van der Waals surface area contributed by atoms with Gasteiger partial charge in [-0.3, -0.25) is 0 Å². The Balaban J connectivity index is 0. The van der Waals surface area contributed by atoms with Gasteiger partial charge >= 0.3 is 0 Å². The summed E-state index contributed by atoms with van der Waals surface area (Å²) in [4.78, 5) is 0. The van der Waals surface area contributed by atoms with Crippen molar-refractivity contribution >= 4 is 15.9 Å². The highest BCUT2D eigenvalue weighted by molar-refractivity contribution is 9.09. The Morgan fingerprint density at radius 3 is 2.00 bits per heavy atom. The molecule has 0 aromatic rings. The van der Waals surface area contributed by atoms with E-state index in [4.69, 9.17) is 9.84 Å². The molecule has 0 aliphatic carbocycles. The first-order valence-corrected chi connectivity index (χ1v) is 5.20. The standard InChI is InChI=1S/C5H11BrO.C3H8O/c1-2-4-7-5-3-6;1-2-3-4/h2-5H2,1H3;4H,2-3H2,1H3. The smallest absolute Gasteiger partial charge is 0.0563 e. The minimum atomic E-state index is 0.319. The molecule has 1 N–H and O–H groups in total. The van der Waals surface area contributed by atoms with E-state index in [0.29, 0.717) is 6.61 Å². The van der Waals surface area contributed by atoms with Crippen LogP contribution in [0.2, 0.25) is 0 Å². The molecule has 0 aromatic heterocycles. The van der Waals surface area contributed by atoms with E-state index in [0.717, 1.165) is 31.4 Å². The van der Waals surface area contributed by atoms with Crippen LogP contribution in [-0.4, -0.2) is 30.3 Å². The zero-order chi connectivity index (χ0) is 8.95. The zero-order valence-corrected chi connectivity index (χ0v) is 9.06. The zero-order valence-electron chi connectivity index (χ0n) is 7.48. The number of hydrogen-bond acceptors (Lipinski definition) is 2. The maximum Gasteiger partial charge on any atom is 0.0563 e. The first-order chi connectivity index (χ1) is 5.33. The normalized spacial score (nSPS) is 8.73. The Labute approximate surface area is 78.1 Å². The molecular formula is C8H19BrO2. The molecule has 0 bridgehead atoms. The third-order valence-corrected chi connectivity index (χ3v) is 1.12. The van der Waals surface area contributed by atoms with Crippen LogP contribution in [0.25, 0.3) is 0 Å². The predicted octanol–water partition coefficient (Wildman–Crippen LogP) is 2.20. The summed E-state index contributed by atoms with van der Waals surface area (Å²) < 4.78 is 5.09. The molecule has 0 saturated heterocycles. The van der Waals surface area contributed by atoms with E-state index in [-0.39, 0.29) is 0 Å². The molecule has 3 heteroatoms. The molecule has 0 atom stereocenters. The maximum atomic E-state index is 7.88. The van der Waals surface area contributed by atoms with Crippen LogP contribution in [0.1, 0.15) is 26.7 Å². The van der Waals surface area contributed by atoms with Crippen LogP contribution in [0, 0.1) is 0 Å². The van der Waals surface area contributed by atoms with Gasteiger partial charge in [-0.05, 0) is 12.8 Å². The van der Waals surface area contributed by atoms with Crippen molar-refractivity contribution in [2.75, 3.05) is 25.2 Å². The van der Waals surface area contributed by atoms with Crippen molar-refractivity contribution in [1.82, 2.24) is 0 Å².